The zero-order chi connectivity index (χ0) is 22.9. The summed E-state index contributed by atoms with van der Waals surface area (Å²) in [7, 11) is 0. The molecule has 0 unspecified atom stereocenters. The number of aromatic nitrogens is 1. The Balaban J connectivity index is 2.23. The maximum Gasteiger partial charge on any atom is 0.433 e. The standard InChI is InChI=1S/C16H8F9N3O2/c17-14(18,19)9-3-1-2-7(4-9)12(29)27-28-13(30)8-5-10(15(20,21)22)26-11(6-8)16(23,24)25/h1-6H,(H,27,29)(H,28,30). The van der Waals surface area contributed by atoms with Crippen LogP contribution in [0.1, 0.15) is 37.7 Å². The Hall–Kier alpha value is -3.32. The number of alkyl halides is 9. The van der Waals surface area contributed by atoms with Crippen molar-refractivity contribution in [1.29, 1.82) is 0 Å². The molecule has 0 spiro atoms. The highest BCUT2D eigenvalue weighted by Crippen LogP contribution is 2.33. The number of amides is 2. The molecule has 0 saturated carbocycles. The van der Waals surface area contributed by atoms with Gasteiger partial charge in [-0.2, -0.15) is 39.5 Å². The number of halogens is 9. The Bertz CT molecular complexity index is 933. The molecule has 2 rings (SSSR count). The highest BCUT2D eigenvalue weighted by Gasteiger charge is 2.39. The van der Waals surface area contributed by atoms with Crippen molar-refractivity contribution in [1.82, 2.24) is 15.8 Å². The number of carbonyl (C=O) groups excluding carboxylic acids is 2. The average molecular weight is 445 g/mol. The Labute approximate surface area is 160 Å². The Kier molecular flexibility index (Phi) is 6.00. The minimum atomic E-state index is -5.31. The smallest absolute Gasteiger partial charge is 0.267 e. The Morgan fingerprint density at radius 1 is 0.667 bits per heavy atom. The van der Waals surface area contributed by atoms with Gasteiger partial charge < -0.3 is 0 Å². The molecule has 14 heteroatoms. The van der Waals surface area contributed by atoms with Crippen LogP contribution in [-0.2, 0) is 18.5 Å². The molecule has 0 saturated heterocycles. The lowest BCUT2D eigenvalue weighted by Crippen LogP contribution is -2.42. The maximum atomic E-state index is 12.7. The number of hydrogen-bond acceptors (Lipinski definition) is 3. The van der Waals surface area contributed by atoms with Crippen LogP contribution >= 0.6 is 0 Å². The van der Waals surface area contributed by atoms with E-state index in [-0.39, 0.29) is 12.1 Å². The molecule has 0 aliphatic carbocycles. The number of rotatable bonds is 2. The number of benzene rings is 1. The van der Waals surface area contributed by atoms with Gasteiger partial charge in [-0.1, -0.05) is 6.07 Å². The summed E-state index contributed by atoms with van der Waals surface area (Å²) in [6.07, 6.45) is -15.4. The average Bonchev–Trinajstić information content (AvgIpc) is 2.63. The molecule has 30 heavy (non-hydrogen) atoms. The Morgan fingerprint density at radius 2 is 1.13 bits per heavy atom. The fraction of sp³-hybridized carbons (Fsp3) is 0.188. The molecule has 0 aliphatic rings. The fourth-order valence-corrected chi connectivity index (χ4v) is 2.05. The van der Waals surface area contributed by atoms with E-state index in [2.05, 4.69) is 4.98 Å². The van der Waals surface area contributed by atoms with E-state index < -0.39 is 58.4 Å². The lowest BCUT2D eigenvalue weighted by molar-refractivity contribution is -0.150. The number of nitrogens with zero attached hydrogens (tertiary/aromatic N) is 1. The van der Waals surface area contributed by atoms with E-state index in [1.54, 1.807) is 5.43 Å². The topological polar surface area (TPSA) is 71.1 Å². The zero-order valence-corrected chi connectivity index (χ0v) is 14.1. The van der Waals surface area contributed by atoms with Crippen LogP contribution in [0.3, 0.4) is 0 Å². The monoisotopic (exact) mass is 445 g/mol. The predicted molar refractivity (Wildman–Crippen MR) is 80.6 cm³/mol. The molecular weight excluding hydrogens is 437 g/mol. The summed E-state index contributed by atoms with van der Waals surface area (Å²) in [4.78, 5) is 26.2. The molecule has 0 radical (unpaired) electrons. The molecule has 162 valence electrons. The van der Waals surface area contributed by atoms with Crippen LogP contribution in [0.2, 0.25) is 0 Å². The highest BCUT2D eigenvalue weighted by molar-refractivity contribution is 5.99. The zero-order valence-electron chi connectivity index (χ0n) is 14.1. The first-order chi connectivity index (χ1) is 13.6. The molecule has 1 aromatic carbocycles. The number of carbonyl (C=O) groups is 2. The van der Waals surface area contributed by atoms with Crippen molar-refractivity contribution in [3.05, 3.63) is 64.5 Å². The molecule has 1 aromatic heterocycles. The first kappa shape index (κ1) is 23.0. The lowest BCUT2D eigenvalue weighted by atomic mass is 10.1. The van der Waals surface area contributed by atoms with Gasteiger partial charge in [0.1, 0.15) is 11.4 Å². The summed E-state index contributed by atoms with van der Waals surface area (Å²) in [6, 6.07) is 2.93. The Morgan fingerprint density at radius 3 is 1.57 bits per heavy atom. The maximum absolute atomic E-state index is 12.7. The molecular formula is C16H8F9N3O2. The van der Waals surface area contributed by atoms with Crippen LogP contribution in [0.25, 0.3) is 0 Å². The van der Waals surface area contributed by atoms with E-state index in [1.165, 1.54) is 5.43 Å². The third-order valence-corrected chi connectivity index (χ3v) is 3.41. The molecule has 0 bridgehead atoms. The van der Waals surface area contributed by atoms with Crippen LogP contribution in [0.15, 0.2) is 36.4 Å². The van der Waals surface area contributed by atoms with E-state index >= 15 is 0 Å². The van der Waals surface area contributed by atoms with Crippen molar-refractivity contribution >= 4 is 11.8 Å². The number of hydrazine groups is 1. The van der Waals surface area contributed by atoms with Gasteiger partial charge in [0.2, 0.25) is 0 Å². The fourth-order valence-electron chi connectivity index (χ4n) is 2.05. The molecule has 2 aromatic rings. The van der Waals surface area contributed by atoms with Gasteiger partial charge in [-0.15, -0.1) is 0 Å². The van der Waals surface area contributed by atoms with E-state index in [4.69, 9.17) is 0 Å². The molecule has 2 amide bonds. The SMILES string of the molecule is O=C(NNC(=O)c1cc(C(F)(F)F)nc(C(F)(F)F)c1)c1cccc(C(F)(F)F)c1. The first-order valence-corrected chi connectivity index (χ1v) is 7.53. The van der Waals surface area contributed by atoms with Crippen molar-refractivity contribution in [3.63, 3.8) is 0 Å². The molecule has 1 heterocycles. The van der Waals surface area contributed by atoms with Crippen LogP contribution in [0.4, 0.5) is 39.5 Å². The van der Waals surface area contributed by atoms with Crippen LogP contribution in [0, 0.1) is 0 Å². The quantitative estimate of drug-likeness (QED) is 0.538. The van der Waals surface area contributed by atoms with Crippen LogP contribution in [0.5, 0.6) is 0 Å². The lowest BCUT2D eigenvalue weighted by Gasteiger charge is -2.13. The van der Waals surface area contributed by atoms with E-state index in [1.807, 2.05) is 0 Å². The van der Waals surface area contributed by atoms with Gasteiger partial charge in [-0.05, 0) is 30.3 Å². The van der Waals surface area contributed by atoms with Gasteiger partial charge in [-0.3, -0.25) is 20.4 Å². The van der Waals surface area contributed by atoms with Gasteiger partial charge in [0.05, 0.1) is 5.56 Å². The van der Waals surface area contributed by atoms with E-state index in [0.29, 0.717) is 12.1 Å². The predicted octanol–water partition coefficient (Wildman–Crippen LogP) is 4.21. The minimum absolute atomic E-state index is 0.0149. The number of hydrogen-bond donors (Lipinski definition) is 2. The summed E-state index contributed by atoms with van der Waals surface area (Å²) in [5, 5.41) is 0. The van der Waals surface area contributed by atoms with Crippen LogP contribution in [-0.4, -0.2) is 16.8 Å². The number of nitrogens with one attached hydrogen (secondary N) is 2. The van der Waals surface area contributed by atoms with Gasteiger partial charge in [0.15, 0.2) is 0 Å². The minimum Gasteiger partial charge on any atom is -0.267 e. The normalized spacial score (nSPS) is 12.4. The summed E-state index contributed by atoms with van der Waals surface area (Å²) in [6.45, 7) is 0. The van der Waals surface area contributed by atoms with Crippen molar-refractivity contribution in [2.24, 2.45) is 0 Å². The van der Waals surface area contributed by atoms with Crippen molar-refractivity contribution in [2.75, 3.05) is 0 Å². The van der Waals surface area contributed by atoms with Gasteiger partial charge in [0, 0.05) is 11.1 Å². The second-order valence-corrected chi connectivity index (χ2v) is 5.61. The summed E-state index contributed by atoms with van der Waals surface area (Å²) in [5.74, 6) is -2.88. The number of pyridine rings is 1. The second kappa shape index (κ2) is 7.84. The van der Waals surface area contributed by atoms with Gasteiger partial charge >= 0.3 is 18.5 Å². The van der Waals surface area contributed by atoms with Gasteiger partial charge in [0.25, 0.3) is 11.8 Å². The molecule has 2 N–H and O–H groups in total. The summed E-state index contributed by atoms with van der Waals surface area (Å²) < 4.78 is 114. The summed E-state index contributed by atoms with van der Waals surface area (Å²) in [5.41, 5.74) is -3.80. The molecule has 0 atom stereocenters. The third kappa shape index (κ3) is 5.61. The molecule has 0 aliphatic heterocycles. The molecule has 5 nitrogen and oxygen atoms in total. The van der Waals surface area contributed by atoms with Crippen LogP contribution < -0.4 is 10.9 Å². The van der Waals surface area contributed by atoms with E-state index in [9.17, 15) is 49.1 Å². The largest absolute Gasteiger partial charge is 0.433 e. The van der Waals surface area contributed by atoms with E-state index in [0.717, 1.165) is 12.1 Å². The first-order valence-electron chi connectivity index (χ1n) is 7.53. The highest BCUT2D eigenvalue weighted by atomic mass is 19.4. The second-order valence-electron chi connectivity index (χ2n) is 5.61. The van der Waals surface area contributed by atoms with Crippen molar-refractivity contribution < 1.29 is 49.1 Å². The summed E-state index contributed by atoms with van der Waals surface area (Å²) >= 11 is 0. The van der Waals surface area contributed by atoms with Crippen molar-refractivity contribution in [2.45, 2.75) is 18.5 Å². The van der Waals surface area contributed by atoms with Gasteiger partial charge in [-0.25, -0.2) is 4.98 Å². The molecule has 0 fully saturated rings. The van der Waals surface area contributed by atoms with Crippen molar-refractivity contribution in [3.8, 4) is 0 Å². The third-order valence-electron chi connectivity index (χ3n) is 3.41.